The Morgan fingerprint density at radius 1 is 1.14 bits per heavy atom. The standard InChI is InChI=1S/C17H17FO3/c1-3-11-21-13-9-7-12(8-10-13)17(19)16-14(18)5-4-6-15(16)20-2/h4-10H,3,11H2,1-2H3. The van der Waals surface area contributed by atoms with Crippen molar-refractivity contribution in [2.24, 2.45) is 0 Å². The fourth-order valence-corrected chi connectivity index (χ4v) is 1.96. The molecule has 0 saturated heterocycles. The van der Waals surface area contributed by atoms with Gasteiger partial charge < -0.3 is 9.47 Å². The molecule has 2 aromatic rings. The molecule has 21 heavy (non-hydrogen) atoms. The molecule has 0 aliphatic rings. The molecule has 0 saturated carbocycles. The zero-order valence-corrected chi connectivity index (χ0v) is 12.1. The van der Waals surface area contributed by atoms with Crippen LogP contribution < -0.4 is 9.47 Å². The van der Waals surface area contributed by atoms with Gasteiger partial charge in [0.05, 0.1) is 13.7 Å². The lowest BCUT2D eigenvalue weighted by molar-refractivity contribution is 0.103. The molecular formula is C17H17FO3. The summed E-state index contributed by atoms with van der Waals surface area (Å²) in [5.41, 5.74) is 0.337. The van der Waals surface area contributed by atoms with Gasteiger partial charge in [-0.3, -0.25) is 4.79 Å². The molecule has 2 rings (SSSR count). The van der Waals surface area contributed by atoms with E-state index in [-0.39, 0.29) is 11.3 Å². The third-order valence-electron chi connectivity index (χ3n) is 3.01. The summed E-state index contributed by atoms with van der Waals surface area (Å²) in [6.45, 7) is 2.64. The van der Waals surface area contributed by atoms with Crippen molar-refractivity contribution in [3.8, 4) is 11.5 Å². The number of methoxy groups -OCH3 is 1. The Kier molecular flexibility index (Phi) is 4.93. The number of benzene rings is 2. The van der Waals surface area contributed by atoms with Crippen LogP contribution in [0.5, 0.6) is 11.5 Å². The molecular weight excluding hydrogens is 271 g/mol. The van der Waals surface area contributed by atoms with Crippen LogP contribution in [0.1, 0.15) is 29.3 Å². The summed E-state index contributed by atoms with van der Waals surface area (Å²) in [6, 6.07) is 11.0. The van der Waals surface area contributed by atoms with E-state index in [0.29, 0.717) is 17.9 Å². The first kappa shape index (κ1) is 15.0. The van der Waals surface area contributed by atoms with Gasteiger partial charge in [-0.1, -0.05) is 13.0 Å². The van der Waals surface area contributed by atoms with Crippen LogP contribution in [0.15, 0.2) is 42.5 Å². The Hall–Kier alpha value is -2.36. The first-order valence-electron chi connectivity index (χ1n) is 6.77. The smallest absolute Gasteiger partial charge is 0.199 e. The molecule has 0 N–H and O–H groups in total. The van der Waals surface area contributed by atoms with Crippen LogP contribution in [0.2, 0.25) is 0 Å². The summed E-state index contributed by atoms with van der Waals surface area (Å²) in [5.74, 6) is -0.0853. The van der Waals surface area contributed by atoms with E-state index in [2.05, 4.69) is 0 Å². The minimum Gasteiger partial charge on any atom is -0.496 e. The van der Waals surface area contributed by atoms with Gasteiger partial charge >= 0.3 is 0 Å². The monoisotopic (exact) mass is 288 g/mol. The number of carbonyl (C=O) groups is 1. The van der Waals surface area contributed by atoms with Gasteiger partial charge in [0, 0.05) is 5.56 Å². The maximum absolute atomic E-state index is 13.9. The van der Waals surface area contributed by atoms with Gasteiger partial charge in [0.25, 0.3) is 0 Å². The maximum atomic E-state index is 13.9. The summed E-state index contributed by atoms with van der Waals surface area (Å²) in [6.07, 6.45) is 0.910. The van der Waals surface area contributed by atoms with Gasteiger partial charge in [-0.25, -0.2) is 4.39 Å². The Bertz CT molecular complexity index is 620. The molecule has 0 spiro atoms. The number of hydrogen-bond acceptors (Lipinski definition) is 3. The van der Waals surface area contributed by atoms with Crippen LogP contribution >= 0.6 is 0 Å². The largest absolute Gasteiger partial charge is 0.496 e. The molecule has 0 heterocycles. The van der Waals surface area contributed by atoms with E-state index in [1.54, 1.807) is 30.3 Å². The molecule has 0 unspecified atom stereocenters. The average molecular weight is 288 g/mol. The molecule has 3 nitrogen and oxygen atoms in total. The second kappa shape index (κ2) is 6.88. The number of carbonyl (C=O) groups excluding carboxylic acids is 1. The fourth-order valence-electron chi connectivity index (χ4n) is 1.96. The molecule has 0 bridgehead atoms. The third kappa shape index (κ3) is 3.40. The van der Waals surface area contributed by atoms with E-state index in [4.69, 9.17) is 9.47 Å². The quantitative estimate of drug-likeness (QED) is 0.757. The predicted octanol–water partition coefficient (Wildman–Crippen LogP) is 3.85. The number of ketones is 1. The second-order valence-electron chi connectivity index (χ2n) is 4.52. The van der Waals surface area contributed by atoms with Gasteiger partial charge in [0.15, 0.2) is 5.78 Å². The van der Waals surface area contributed by atoms with Gasteiger partial charge in [-0.05, 0) is 42.8 Å². The number of ether oxygens (including phenoxy) is 2. The van der Waals surface area contributed by atoms with Crippen LogP contribution in [0.3, 0.4) is 0 Å². The summed E-state index contributed by atoms with van der Waals surface area (Å²) in [4.78, 5) is 12.4. The Balaban J connectivity index is 2.28. The van der Waals surface area contributed by atoms with Gasteiger partial charge in [-0.2, -0.15) is 0 Å². The molecule has 2 aromatic carbocycles. The molecule has 0 aliphatic heterocycles. The highest BCUT2D eigenvalue weighted by Gasteiger charge is 2.19. The van der Waals surface area contributed by atoms with E-state index in [1.165, 1.54) is 19.2 Å². The maximum Gasteiger partial charge on any atom is 0.199 e. The van der Waals surface area contributed by atoms with E-state index in [0.717, 1.165) is 6.42 Å². The summed E-state index contributed by atoms with van der Waals surface area (Å²) in [5, 5.41) is 0. The lowest BCUT2D eigenvalue weighted by atomic mass is 10.0. The molecule has 0 atom stereocenters. The van der Waals surface area contributed by atoms with Crippen LogP contribution in [0, 0.1) is 5.82 Å². The normalized spacial score (nSPS) is 10.2. The zero-order chi connectivity index (χ0) is 15.2. The lowest BCUT2D eigenvalue weighted by Gasteiger charge is -2.09. The predicted molar refractivity (Wildman–Crippen MR) is 78.6 cm³/mol. The van der Waals surface area contributed by atoms with Crippen molar-refractivity contribution in [1.29, 1.82) is 0 Å². The van der Waals surface area contributed by atoms with Crippen LogP contribution in [0.25, 0.3) is 0 Å². The van der Waals surface area contributed by atoms with Crippen LogP contribution in [-0.4, -0.2) is 19.5 Å². The molecule has 0 radical (unpaired) electrons. The first-order chi connectivity index (χ1) is 10.2. The van der Waals surface area contributed by atoms with Crippen molar-refractivity contribution >= 4 is 5.78 Å². The minimum absolute atomic E-state index is 0.0535. The number of halogens is 1. The topological polar surface area (TPSA) is 35.5 Å². The second-order valence-corrected chi connectivity index (χ2v) is 4.52. The van der Waals surface area contributed by atoms with Crippen LogP contribution in [-0.2, 0) is 0 Å². The van der Waals surface area contributed by atoms with Gasteiger partial charge in [0.1, 0.15) is 22.9 Å². The number of hydrogen-bond donors (Lipinski definition) is 0. The summed E-state index contributed by atoms with van der Waals surface area (Å²) >= 11 is 0. The van der Waals surface area contributed by atoms with Crippen molar-refractivity contribution in [3.63, 3.8) is 0 Å². The van der Waals surface area contributed by atoms with E-state index < -0.39 is 11.6 Å². The van der Waals surface area contributed by atoms with E-state index >= 15 is 0 Å². The van der Waals surface area contributed by atoms with Crippen molar-refractivity contribution < 1.29 is 18.7 Å². The third-order valence-corrected chi connectivity index (χ3v) is 3.01. The zero-order valence-electron chi connectivity index (χ0n) is 12.1. The molecule has 110 valence electrons. The van der Waals surface area contributed by atoms with Crippen molar-refractivity contribution in [3.05, 3.63) is 59.4 Å². The fraction of sp³-hybridized carbons (Fsp3) is 0.235. The average Bonchev–Trinajstić information content (AvgIpc) is 2.52. The SMILES string of the molecule is CCCOc1ccc(C(=O)c2c(F)cccc2OC)cc1. The highest BCUT2D eigenvalue weighted by atomic mass is 19.1. The van der Waals surface area contributed by atoms with Crippen molar-refractivity contribution in [2.45, 2.75) is 13.3 Å². The summed E-state index contributed by atoms with van der Waals surface area (Å²) in [7, 11) is 1.41. The first-order valence-corrected chi connectivity index (χ1v) is 6.77. The highest BCUT2D eigenvalue weighted by molar-refractivity contribution is 6.10. The van der Waals surface area contributed by atoms with Gasteiger partial charge in [-0.15, -0.1) is 0 Å². The minimum atomic E-state index is -0.592. The van der Waals surface area contributed by atoms with Gasteiger partial charge in [0.2, 0.25) is 0 Å². The Labute approximate surface area is 123 Å². The Morgan fingerprint density at radius 2 is 1.86 bits per heavy atom. The van der Waals surface area contributed by atoms with Crippen molar-refractivity contribution in [1.82, 2.24) is 0 Å². The molecule has 0 fully saturated rings. The molecule has 0 aliphatic carbocycles. The van der Waals surface area contributed by atoms with E-state index in [9.17, 15) is 9.18 Å². The van der Waals surface area contributed by atoms with Crippen LogP contribution in [0.4, 0.5) is 4.39 Å². The summed E-state index contributed by atoms with van der Waals surface area (Å²) < 4.78 is 24.4. The molecule has 4 heteroatoms. The van der Waals surface area contributed by atoms with Crippen molar-refractivity contribution in [2.75, 3.05) is 13.7 Å². The Morgan fingerprint density at radius 3 is 2.48 bits per heavy atom. The number of rotatable bonds is 6. The molecule has 0 aromatic heterocycles. The van der Waals surface area contributed by atoms with E-state index in [1.807, 2.05) is 6.92 Å². The highest BCUT2D eigenvalue weighted by Crippen LogP contribution is 2.25. The lowest BCUT2D eigenvalue weighted by Crippen LogP contribution is -2.07. The molecule has 0 amide bonds.